The van der Waals surface area contributed by atoms with Crippen molar-refractivity contribution in [3.05, 3.63) is 47.7 Å². The van der Waals surface area contributed by atoms with Crippen LogP contribution in [0.3, 0.4) is 0 Å². The number of nitrogens with two attached hydrogens (primary N) is 1. The van der Waals surface area contributed by atoms with Gasteiger partial charge >= 0.3 is 6.18 Å². The van der Waals surface area contributed by atoms with E-state index in [1.165, 1.54) is 25.3 Å². The van der Waals surface area contributed by atoms with Crippen molar-refractivity contribution in [3.63, 3.8) is 0 Å². The number of amides is 1. The molecule has 0 bridgehead atoms. The Bertz CT molecular complexity index is 1000. The molecule has 1 aromatic carbocycles. The molecule has 31 heavy (non-hydrogen) atoms. The third kappa shape index (κ3) is 3.89. The molecule has 1 aromatic heterocycles. The van der Waals surface area contributed by atoms with Crippen LogP contribution in [0.1, 0.15) is 25.3 Å². The van der Waals surface area contributed by atoms with Crippen molar-refractivity contribution in [3.8, 4) is 5.75 Å². The predicted molar refractivity (Wildman–Crippen MR) is 101 cm³/mol. The summed E-state index contributed by atoms with van der Waals surface area (Å²) in [7, 11) is 1.06. The number of halogens is 5. The Kier molecular flexibility index (Phi) is 5.83. The number of hydrogen-bond donors (Lipinski definition) is 2. The summed E-state index contributed by atoms with van der Waals surface area (Å²) < 4.78 is 79.8. The maximum absolute atomic E-state index is 14.3. The lowest BCUT2D eigenvalue weighted by Gasteiger charge is -2.32. The molecule has 0 saturated carbocycles. The minimum absolute atomic E-state index is 0.0810. The highest BCUT2D eigenvalue weighted by Crippen LogP contribution is 2.54. The molecular weight excluding hydrogens is 425 g/mol. The zero-order chi connectivity index (χ0) is 23.1. The number of methoxy groups -OCH3 is 1. The molecule has 2 heterocycles. The van der Waals surface area contributed by atoms with E-state index in [4.69, 9.17) is 15.2 Å². The highest BCUT2D eigenvalue weighted by Gasteiger charge is 2.65. The fourth-order valence-electron chi connectivity index (χ4n) is 3.78. The summed E-state index contributed by atoms with van der Waals surface area (Å²) in [5.74, 6) is -6.66. The number of anilines is 2. The van der Waals surface area contributed by atoms with Gasteiger partial charge in [-0.05, 0) is 19.1 Å². The van der Waals surface area contributed by atoms with E-state index in [2.05, 4.69) is 10.3 Å². The first kappa shape index (κ1) is 22.7. The number of benzene rings is 1. The summed E-state index contributed by atoms with van der Waals surface area (Å²) in [6, 6.07) is 4.56. The second-order valence-electron chi connectivity index (χ2n) is 7.40. The van der Waals surface area contributed by atoms with Gasteiger partial charge in [0.2, 0.25) is 5.82 Å². The topological polar surface area (TPSA) is 86.5 Å². The van der Waals surface area contributed by atoms with Crippen molar-refractivity contribution in [1.29, 1.82) is 0 Å². The Morgan fingerprint density at radius 1 is 1.29 bits per heavy atom. The monoisotopic (exact) mass is 445 g/mol. The molecular formula is C20H20F5N3O3. The van der Waals surface area contributed by atoms with E-state index in [-0.39, 0.29) is 17.1 Å². The van der Waals surface area contributed by atoms with E-state index in [1.54, 1.807) is 0 Å². The van der Waals surface area contributed by atoms with Gasteiger partial charge in [-0.2, -0.15) is 17.6 Å². The molecule has 1 amide bonds. The van der Waals surface area contributed by atoms with E-state index in [0.717, 1.165) is 26.2 Å². The van der Waals surface area contributed by atoms with Gasteiger partial charge in [0.1, 0.15) is 11.9 Å². The molecule has 1 aliphatic heterocycles. The first-order valence-corrected chi connectivity index (χ1v) is 9.19. The number of carbonyl (C=O) groups excluding carboxylic acids is 1. The van der Waals surface area contributed by atoms with Crippen LogP contribution in [0.25, 0.3) is 0 Å². The lowest BCUT2D eigenvalue weighted by molar-refractivity contribution is -0.272. The van der Waals surface area contributed by atoms with Gasteiger partial charge in [-0.25, -0.2) is 9.37 Å². The number of nitrogen functional groups attached to an aromatic ring is 1. The van der Waals surface area contributed by atoms with Crippen LogP contribution in [-0.2, 0) is 9.53 Å². The average molecular weight is 445 g/mol. The minimum Gasteiger partial charge on any atom is -0.493 e. The Labute approximate surface area is 174 Å². The first-order chi connectivity index (χ1) is 14.4. The largest absolute Gasteiger partial charge is 0.493 e. The van der Waals surface area contributed by atoms with Gasteiger partial charge in [-0.15, -0.1) is 0 Å². The fraction of sp³-hybridized carbons (Fsp3) is 0.400. The highest BCUT2D eigenvalue weighted by molar-refractivity contribution is 5.95. The van der Waals surface area contributed by atoms with E-state index < -0.39 is 53.0 Å². The lowest BCUT2D eigenvalue weighted by Crippen LogP contribution is -2.47. The van der Waals surface area contributed by atoms with E-state index in [0.29, 0.717) is 0 Å². The van der Waals surface area contributed by atoms with Crippen LogP contribution in [0.4, 0.5) is 33.5 Å². The number of alkyl halides is 3. The smallest absolute Gasteiger partial charge is 0.417 e. The van der Waals surface area contributed by atoms with Gasteiger partial charge in [0.05, 0.1) is 7.11 Å². The molecule has 4 atom stereocenters. The molecule has 0 aliphatic carbocycles. The summed E-state index contributed by atoms with van der Waals surface area (Å²) in [5.41, 5.74) is 2.90. The fourth-order valence-corrected chi connectivity index (χ4v) is 3.78. The molecule has 1 saturated heterocycles. The number of nitrogens with one attached hydrogen (secondary N) is 1. The Balaban J connectivity index is 2.09. The molecule has 6 nitrogen and oxygen atoms in total. The van der Waals surface area contributed by atoms with Crippen molar-refractivity contribution in [2.24, 2.45) is 5.92 Å². The zero-order valence-electron chi connectivity index (χ0n) is 16.8. The van der Waals surface area contributed by atoms with Crippen molar-refractivity contribution in [2.75, 3.05) is 18.2 Å². The Morgan fingerprint density at radius 3 is 2.55 bits per heavy atom. The Hall–Kier alpha value is -2.95. The average Bonchev–Trinajstić information content (AvgIpc) is 2.96. The summed E-state index contributed by atoms with van der Waals surface area (Å²) in [5, 5.41) is 2.44. The number of carbonyl (C=O) groups is 1. The number of pyridine rings is 1. The molecule has 168 valence electrons. The van der Waals surface area contributed by atoms with Gasteiger partial charge in [0.25, 0.3) is 5.91 Å². The van der Waals surface area contributed by atoms with Crippen LogP contribution in [0.15, 0.2) is 30.5 Å². The van der Waals surface area contributed by atoms with E-state index >= 15 is 0 Å². The van der Waals surface area contributed by atoms with Crippen LogP contribution in [0.5, 0.6) is 5.75 Å². The minimum atomic E-state index is -4.84. The molecule has 3 N–H and O–H groups in total. The normalized spacial score (nSPS) is 26.0. The maximum atomic E-state index is 14.3. The molecule has 4 unspecified atom stereocenters. The first-order valence-electron chi connectivity index (χ1n) is 9.19. The van der Waals surface area contributed by atoms with Gasteiger partial charge in [-0.3, -0.25) is 4.79 Å². The van der Waals surface area contributed by atoms with Crippen LogP contribution in [0, 0.1) is 17.6 Å². The van der Waals surface area contributed by atoms with Gasteiger partial charge in [0.15, 0.2) is 17.2 Å². The number of aromatic nitrogens is 1. The SMILES string of the molecule is COc1c(C2C(C(=O)Nc3ccnc(N)c3)OC(C)(C(F)(F)F)C2C)ccc(F)c1F. The summed E-state index contributed by atoms with van der Waals surface area (Å²) in [4.78, 5) is 16.7. The molecule has 3 rings (SSSR count). The lowest BCUT2D eigenvalue weighted by atomic mass is 9.77. The van der Waals surface area contributed by atoms with Gasteiger partial charge in [-0.1, -0.05) is 13.0 Å². The van der Waals surface area contributed by atoms with E-state index in [1.807, 2.05) is 0 Å². The highest BCUT2D eigenvalue weighted by atomic mass is 19.4. The molecule has 0 spiro atoms. The molecule has 2 aromatic rings. The van der Waals surface area contributed by atoms with Gasteiger partial charge < -0.3 is 20.5 Å². The quantitative estimate of drug-likeness (QED) is 0.694. The summed E-state index contributed by atoms with van der Waals surface area (Å²) in [6.07, 6.45) is -5.22. The zero-order valence-corrected chi connectivity index (χ0v) is 16.8. The van der Waals surface area contributed by atoms with Crippen LogP contribution in [0.2, 0.25) is 0 Å². The van der Waals surface area contributed by atoms with Crippen LogP contribution in [-0.4, -0.2) is 35.9 Å². The van der Waals surface area contributed by atoms with Crippen LogP contribution < -0.4 is 15.8 Å². The molecule has 1 fully saturated rings. The van der Waals surface area contributed by atoms with Crippen molar-refractivity contribution in [2.45, 2.75) is 37.6 Å². The molecule has 1 aliphatic rings. The second-order valence-corrected chi connectivity index (χ2v) is 7.40. The number of rotatable bonds is 4. The van der Waals surface area contributed by atoms with Crippen molar-refractivity contribution >= 4 is 17.4 Å². The van der Waals surface area contributed by atoms with Crippen molar-refractivity contribution in [1.82, 2.24) is 4.98 Å². The Morgan fingerprint density at radius 2 is 1.97 bits per heavy atom. The second kappa shape index (κ2) is 7.95. The number of nitrogens with zero attached hydrogens (tertiary/aromatic N) is 1. The maximum Gasteiger partial charge on any atom is 0.417 e. The standard InChI is InChI=1S/C20H20F5N3O3/c1-9-14(11-4-5-12(21)15(22)16(11)30-3)17(31-19(9,2)20(23,24)25)18(29)28-10-6-7-27-13(26)8-10/h4-9,14,17H,1-3H3,(H3,26,27,28,29). The van der Waals surface area contributed by atoms with E-state index in [9.17, 15) is 26.7 Å². The summed E-state index contributed by atoms with van der Waals surface area (Å²) >= 11 is 0. The number of hydrogen-bond acceptors (Lipinski definition) is 5. The van der Waals surface area contributed by atoms with Crippen molar-refractivity contribution < 1.29 is 36.2 Å². The van der Waals surface area contributed by atoms with Crippen LogP contribution >= 0.6 is 0 Å². The predicted octanol–water partition coefficient (Wildman–Crippen LogP) is 4.03. The summed E-state index contributed by atoms with van der Waals surface area (Å²) in [6.45, 7) is 2.05. The van der Waals surface area contributed by atoms with Gasteiger partial charge in [0, 0.05) is 35.3 Å². The third-order valence-electron chi connectivity index (χ3n) is 5.62. The molecule has 0 radical (unpaired) electrons. The third-order valence-corrected chi connectivity index (χ3v) is 5.62. The number of ether oxygens (including phenoxy) is 2. The molecule has 11 heteroatoms.